The summed E-state index contributed by atoms with van der Waals surface area (Å²) in [5.74, 6) is -1.35. The molecule has 5 heteroatoms. The monoisotopic (exact) mass is 345 g/mol. The first kappa shape index (κ1) is 20.0. The van der Waals surface area contributed by atoms with E-state index in [1.165, 1.54) is 12.5 Å². The highest BCUT2D eigenvalue weighted by molar-refractivity contribution is 5.85. The third-order valence-electron chi connectivity index (χ3n) is 4.96. The molecular weight excluding hydrogens is 320 g/mol. The van der Waals surface area contributed by atoms with Gasteiger partial charge in [0, 0.05) is 18.4 Å². The van der Waals surface area contributed by atoms with Crippen molar-refractivity contribution in [1.82, 2.24) is 4.90 Å². The quantitative estimate of drug-likeness (QED) is 0.795. The van der Waals surface area contributed by atoms with Crippen LogP contribution in [0.1, 0.15) is 38.2 Å². The average Bonchev–Trinajstić information content (AvgIpc) is 2.50. The van der Waals surface area contributed by atoms with E-state index >= 15 is 0 Å². The molecule has 0 bridgehead atoms. The lowest BCUT2D eigenvalue weighted by Crippen LogP contribution is -2.42. The fraction of sp³-hybridized carbons (Fsp3) is 0.611. The van der Waals surface area contributed by atoms with Crippen LogP contribution in [0.15, 0.2) is 18.2 Å². The van der Waals surface area contributed by atoms with Gasteiger partial charge in [0.15, 0.2) is 11.6 Å². The Morgan fingerprint density at radius 3 is 2.48 bits per heavy atom. The largest absolute Gasteiger partial charge is 0.306 e. The number of halogens is 3. The van der Waals surface area contributed by atoms with Crippen molar-refractivity contribution in [1.29, 1.82) is 0 Å². The fourth-order valence-corrected chi connectivity index (χ4v) is 3.61. The summed E-state index contributed by atoms with van der Waals surface area (Å²) < 4.78 is 26.2. The molecule has 0 aliphatic heterocycles. The lowest BCUT2D eigenvalue weighted by molar-refractivity contribution is -0.124. The summed E-state index contributed by atoms with van der Waals surface area (Å²) in [4.78, 5) is 14.8. The second kappa shape index (κ2) is 8.74. The van der Waals surface area contributed by atoms with Crippen LogP contribution in [0.2, 0.25) is 0 Å². The van der Waals surface area contributed by atoms with Gasteiger partial charge < -0.3 is 4.90 Å². The third kappa shape index (κ3) is 4.98. The Labute approximate surface area is 143 Å². The van der Waals surface area contributed by atoms with Gasteiger partial charge in [-0.25, -0.2) is 8.78 Å². The normalized spacial score (nSPS) is 22.5. The average molecular weight is 346 g/mol. The molecule has 0 saturated heterocycles. The predicted molar refractivity (Wildman–Crippen MR) is 90.9 cm³/mol. The fourth-order valence-electron chi connectivity index (χ4n) is 3.61. The molecule has 130 valence electrons. The highest BCUT2D eigenvalue weighted by atomic mass is 35.5. The van der Waals surface area contributed by atoms with Crippen LogP contribution in [0.5, 0.6) is 0 Å². The van der Waals surface area contributed by atoms with Crippen LogP contribution in [-0.2, 0) is 11.2 Å². The molecule has 1 aliphatic rings. The first-order valence-electron chi connectivity index (χ1n) is 8.03. The molecule has 0 N–H and O–H groups in total. The standard InChI is InChI=1S/C18H25F2NO.ClH/c1-12(14-6-4-5-7-17(14)21(2)3)18(22)11-13-8-9-15(19)16(20)10-13;/h8-10,12,14,17H,4-7,11H2,1-3H3;1H/t12-,14+,17+;/m1./s1. The van der Waals surface area contributed by atoms with Gasteiger partial charge in [0.2, 0.25) is 0 Å². The van der Waals surface area contributed by atoms with Gasteiger partial charge in [-0.3, -0.25) is 4.79 Å². The van der Waals surface area contributed by atoms with E-state index in [0.717, 1.165) is 31.4 Å². The van der Waals surface area contributed by atoms with Crippen LogP contribution in [0, 0.1) is 23.5 Å². The van der Waals surface area contributed by atoms with Crippen molar-refractivity contribution in [3.63, 3.8) is 0 Å². The maximum absolute atomic E-state index is 13.3. The molecule has 1 fully saturated rings. The number of carbonyl (C=O) groups is 1. The Hall–Kier alpha value is -1.00. The minimum Gasteiger partial charge on any atom is -0.306 e. The molecule has 1 saturated carbocycles. The Morgan fingerprint density at radius 2 is 1.87 bits per heavy atom. The van der Waals surface area contributed by atoms with Gasteiger partial charge in [0.25, 0.3) is 0 Å². The van der Waals surface area contributed by atoms with E-state index in [1.54, 1.807) is 0 Å². The predicted octanol–water partition coefficient (Wildman–Crippen LogP) is 4.25. The van der Waals surface area contributed by atoms with Gasteiger partial charge in [-0.2, -0.15) is 0 Å². The lowest BCUT2D eigenvalue weighted by Gasteiger charge is -2.39. The Bertz CT molecular complexity index is 536. The molecular formula is C18H26ClF2NO. The van der Waals surface area contributed by atoms with Crippen molar-refractivity contribution in [2.75, 3.05) is 14.1 Å². The molecule has 1 aromatic rings. The lowest BCUT2D eigenvalue weighted by atomic mass is 9.74. The molecule has 0 aromatic heterocycles. The second-order valence-electron chi connectivity index (χ2n) is 6.66. The zero-order valence-electron chi connectivity index (χ0n) is 14.0. The maximum Gasteiger partial charge on any atom is 0.159 e. The van der Waals surface area contributed by atoms with Crippen LogP contribution in [0.25, 0.3) is 0 Å². The van der Waals surface area contributed by atoms with E-state index in [-0.39, 0.29) is 30.5 Å². The first-order chi connectivity index (χ1) is 10.4. The Morgan fingerprint density at radius 1 is 1.22 bits per heavy atom. The highest BCUT2D eigenvalue weighted by Gasteiger charge is 2.33. The molecule has 0 radical (unpaired) electrons. The molecule has 1 aromatic carbocycles. The summed E-state index contributed by atoms with van der Waals surface area (Å²) in [5, 5.41) is 0. The van der Waals surface area contributed by atoms with Gasteiger partial charge in [-0.05, 0) is 50.6 Å². The molecule has 1 aliphatic carbocycles. The summed E-state index contributed by atoms with van der Waals surface area (Å²) in [5.41, 5.74) is 0.549. The van der Waals surface area contributed by atoms with Gasteiger partial charge >= 0.3 is 0 Å². The van der Waals surface area contributed by atoms with Gasteiger partial charge in [-0.15, -0.1) is 12.4 Å². The Balaban J connectivity index is 0.00000264. The minimum atomic E-state index is -0.887. The van der Waals surface area contributed by atoms with Crippen molar-refractivity contribution in [2.45, 2.75) is 45.1 Å². The van der Waals surface area contributed by atoms with Crippen molar-refractivity contribution < 1.29 is 13.6 Å². The number of benzene rings is 1. The number of hydrogen-bond acceptors (Lipinski definition) is 2. The molecule has 0 heterocycles. The van der Waals surface area contributed by atoms with Gasteiger partial charge in [0.1, 0.15) is 5.78 Å². The Kier molecular flexibility index (Phi) is 7.62. The van der Waals surface area contributed by atoms with Crippen LogP contribution in [0.4, 0.5) is 8.78 Å². The molecule has 2 nitrogen and oxygen atoms in total. The van der Waals surface area contributed by atoms with Crippen LogP contribution in [-0.4, -0.2) is 30.8 Å². The maximum atomic E-state index is 13.3. The van der Waals surface area contributed by atoms with Crippen molar-refractivity contribution in [2.24, 2.45) is 11.8 Å². The summed E-state index contributed by atoms with van der Waals surface area (Å²) >= 11 is 0. The number of rotatable bonds is 5. The molecule has 0 amide bonds. The van der Waals surface area contributed by atoms with E-state index in [1.807, 2.05) is 6.92 Å². The van der Waals surface area contributed by atoms with E-state index in [4.69, 9.17) is 0 Å². The SMILES string of the molecule is C[C@@H](C(=O)Cc1ccc(F)c(F)c1)[C@@H]1CCCC[C@@H]1N(C)C.Cl. The zero-order chi connectivity index (χ0) is 16.3. The van der Waals surface area contributed by atoms with Crippen LogP contribution in [0.3, 0.4) is 0 Å². The number of hydrogen-bond donors (Lipinski definition) is 0. The number of carbonyl (C=O) groups excluding carboxylic acids is 1. The topological polar surface area (TPSA) is 20.3 Å². The van der Waals surface area contributed by atoms with Gasteiger partial charge in [0.05, 0.1) is 0 Å². The van der Waals surface area contributed by atoms with Gasteiger partial charge in [-0.1, -0.05) is 25.8 Å². The van der Waals surface area contributed by atoms with Crippen LogP contribution < -0.4 is 0 Å². The second-order valence-corrected chi connectivity index (χ2v) is 6.66. The van der Waals surface area contributed by atoms with E-state index in [2.05, 4.69) is 19.0 Å². The van der Waals surface area contributed by atoms with Crippen LogP contribution >= 0.6 is 12.4 Å². The summed E-state index contributed by atoms with van der Waals surface area (Å²) in [6.07, 6.45) is 4.74. The van der Waals surface area contributed by atoms with Crippen molar-refractivity contribution in [3.8, 4) is 0 Å². The molecule has 2 rings (SSSR count). The zero-order valence-corrected chi connectivity index (χ0v) is 14.8. The number of nitrogens with zero attached hydrogens (tertiary/aromatic N) is 1. The van der Waals surface area contributed by atoms with E-state index in [0.29, 0.717) is 17.5 Å². The van der Waals surface area contributed by atoms with E-state index < -0.39 is 11.6 Å². The van der Waals surface area contributed by atoms with Crippen molar-refractivity contribution in [3.05, 3.63) is 35.4 Å². The molecule has 3 atom stereocenters. The number of Topliss-reactive ketones (excluding diaryl/α,β-unsaturated/α-hetero) is 1. The molecule has 23 heavy (non-hydrogen) atoms. The summed E-state index contributed by atoms with van der Waals surface area (Å²) in [6.45, 7) is 1.98. The molecule has 0 spiro atoms. The number of ketones is 1. The summed E-state index contributed by atoms with van der Waals surface area (Å²) in [6, 6.07) is 4.14. The highest BCUT2D eigenvalue weighted by Crippen LogP contribution is 2.33. The van der Waals surface area contributed by atoms with Crippen molar-refractivity contribution >= 4 is 18.2 Å². The first-order valence-corrected chi connectivity index (χ1v) is 8.03. The third-order valence-corrected chi connectivity index (χ3v) is 4.96. The molecule has 0 unspecified atom stereocenters. The smallest absolute Gasteiger partial charge is 0.159 e. The summed E-state index contributed by atoms with van der Waals surface area (Å²) in [7, 11) is 4.13. The van der Waals surface area contributed by atoms with E-state index in [9.17, 15) is 13.6 Å². The minimum absolute atomic E-state index is 0.